The smallest absolute Gasteiger partial charge is 0.279 e. The molecule has 0 bridgehead atoms. The number of hydrogen-bond donors (Lipinski definition) is 2. The van der Waals surface area contributed by atoms with Gasteiger partial charge in [0.25, 0.3) is 10.2 Å². The number of halogens is 1. The standard InChI is InChI=1S/C13H27N3O2S.ClH/c1-11-5-4-8-16(10-11)19(17,18)15-13-7-3-2-6-12(13)9-14;/h11-13,15H,2-10,14H2,1H3;1H. The van der Waals surface area contributed by atoms with E-state index < -0.39 is 10.2 Å². The largest absolute Gasteiger partial charge is 0.330 e. The van der Waals surface area contributed by atoms with Crippen molar-refractivity contribution in [3.05, 3.63) is 0 Å². The lowest BCUT2D eigenvalue weighted by Gasteiger charge is -2.35. The Morgan fingerprint density at radius 3 is 2.55 bits per heavy atom. The van der Waals surface area contributed by atoms with Gasteiger partial charge in [0.2, 0.25) is 0 Å². The van der Waals surface area contributed by atoms with E-state index in [1.54, 1.807) is 4.31 Å². The van der Waals surface area contributed by atoms with Crippen LogP contribution >= 0.6 is 12.4 Å². The molecular weight excluding hydrogens is 298 g/mol. The molecule has 7 heteroatoms. The van der Waals surface area contributed by atoms with Gasteiger partial charge in [0.1, 0.15) is 0 Å². The maximum atomic E-state index is 12.4. The van der Waals surface area contributed by atoms with E-state index in [4.69, 9.17) is 5.73 Å². The highest BCUT2D eigenvalue weighted by Gasteiger charge is 2.32. The van der Waals surface area contributed by atoms with E-state index in [1.165, 1.54) is 6.42 Å². The number of hydrogen-bond acceptors (Lipinski definition) is 3. The lowest BCUT2D eigenvalue weighted by molar-refractivity contribution is 0.260. The second-order valence-corrected chi connectivity index (χ2v) is 7.82. The van der Waals surface area contributed by atoms with Crippen molar-refractivity contribution in [3.63, 3.8) is 0 Å². The first-order chi connectivity index (χ1) is 9.03. The van der Waals surface area contributed by atoms with Gasteiger partial charge in [0.05, 0.1) is 0 Å². The zero-order valence-electron chi connectivity index (χ0n) is 12.3. The Hall–Kier alpha value is 0.120. The van der Waals surface area contributed by atoms with Crippen LogP contribution in [0.2, 0.25) is 0 Å². The Morgan fingerprint density at radius 2 is 1.90 bits per heavy atom. The monoisotopic (exact) mass is 325 g/mol. The van der Waals surface area contributed by atoms with Gasteiger partial charge in [0.15, 0.2) is 0 Å². The molecule has 1 saturated carbocycles. The molecule has 3 unspecified atom stereocenters. The minimum absolute atomic E-state index is 0. The Morgan fingerprint density at radius 1 is 1.20 bits per heavy atom. The van der Waals surface area contributed by atoms with Crippen molar-refractivity contribution in [2.45, 2.75) is 51.5 Å². The number of nitrogens with two attached hydrogens (primary N) is 1. The number of nitrogens with zero attached hydrogens (tertiary/aromatic N) is 1. The third-order valence-electron chi connectivity index (χ3n) is 4.47. The fraction of sp³-hybridized carbons (Fsp3) is 1.00. The molecule has 2 aliphatic rings. The molecule has 0 spiro atoms. The molecule has 2 fully saturated rings. The van der Waals surface area contributed by atoms with Gasteiger partial charge in [-0.05, 0) is 44.1 Å². The van der Waals surface area contributed by atoms with Crippen LogP contribution in [-0.2, 0) is 10.2 Å². The van der Waals surface area contributed by atoms with E-state index >= 15 is 0 Å². The van der Waals surface area contributed by atoms with Gasteiger partial charge in [-0.1, -0.05) is 19.8 Å². The maximum absolute atomic E-state index is 12.4. The molecule has 1 heterocycles. The molecule has 1 saturated heterocycles. The summed E-state index contributed by atoms with van der Waals surface area (Å²) in [7, 11) is -3.33. The lowest BCUT2D eigenvalue weighted by atomic mass is 9.85. The summed E-state index contributed by atoms with van der Waals surface area (Å²) >= 11 is 0. The number of nitrogens with one attached hydrogen (secondary N) is 1. The molecule has 0 aromatic heterocycles. The van der Waals surface area contributed by atoms with Gasteiger partial charge in [0, 0.05) is 19.1 Å². The molecule has 0 aromatic carbocycles. The minimum Gasteiger partial charge on any atom is -0.330 e. The SMILES string of the molecule is CC1CCCN(S(=O)(=O)NC2CCCCC2CN)C1.Cl. The summed E-state index contributed by atoms with van der Waals surface area (Å²) in [6.45, 7) is 3.99. The van der Waals surface area contributed by atoms with Crippen LogP contribution in [0.15, 0.2) is 0 Å². The first-order valence-electron chi connectivity index (χ1n) is 7.50. The van der Waals surface area contributed by atoms with E-state index in [1.807, 2.05) is 0 Å². The molecule has 3 N–H and O–H groups in total. The van der Waals surface area contributed by atoms with Crippen molar-refractivity contribution in [1.29, 1.82) is 0 Å². The van der Waals surface area contributed by atoms with Gasteiger partial charge in [-0.15, -0.1) is 12.4 Å². The second-order valence-electron chi connectivity index (χ2n) is 6.12. The predicted molar refractivity (Wildman–Crippen MR) is 84.1 cm³/mol. The van der Waals surface area contributed by atoms with Crippen LogP contribution in [-0.4, -0.2) is 38.4 Å². The maximum Gasteiger partial charge on any atom is 0.279 e. The number of piperidine rings is 1. The molecule has 0 amide bonds. The van der Waals surface area contributed by atoms with E-state index in [0.29, 0.717) is 31.5 Å². The third-order valence-corrected chi connectivity index (χ3v) is 6.08. The summed E-state index contributed by atoms with van der Waals surface area (Å²) in [5.41, 5.74) is 5.76. The summed E-state index contributed by atoms with van der Waals surface area (Å²) in [5.74, 6) is 0.757. The second kappa shape index (κ2) is 7.94. The Balaban J connectivity index is 0.00000200. The summed E-state index contributed by atoms with van der Waals surface area (Å²) < 4.78 is 29.4. The first-order valence-corrected chi connectivity index (χ1v) is 8.94. The Bertz CT molecular complexity index is 391. The van der Waals surface area contributed by atoms with Crippen LogP contribution in [0.5, 0.6) is 0 Å². The van der Waals surface area contributed by atoms with Crippen molar-refractivity contribution >= 4 is 22.6 Å². The van der Waals surface area contributed by atoms with Crippen LogP contribution < -0.4 is 10.5 Å². The number of rotatable bonds is 4. The Kier molecular flexibility index (Phi) is 7.21. The average Bonchev–Trinajstić information content (AvgIpc) is 2.39. The van der Waals surface area contributed by atoms with Crippen molar-refractivity contribution in [2.24, 2.45) is 17.6 Å². The van der Waals surface area contributed by atoms with E-state index in [-0.39, 0.29) is 18.4 Å². The zero-order chi connectivity index (χ0) is 13.9. The van der Waals surface area contributed by atoms with Crippen molar-refractivity contribution < 1.29 is 8.42 Å². The molecule has 120 valence electrons. The van der Waals surface area contributed by atoms with Gasteiger partial charge < -0.3 is 5.73 Å². The van der Waals surface area contributed by atoms with Crippen LogP contribution in [0.25, 0.3) is 0 Å². The average molecular weight is 326 g/mol. The van der Waals surface area contributed by atoms with E-state index in [9.17, 15) is 8.42 Å². The van der Waals surface area contributed by atoms with Crippen molar-refractivity contribution in [3.8, 4) is 0 Å². The third kappa shape index (κ3) is 4.56. The summed E-state index contributed by atoms with van der Waals surface area (Å²) in [6, 6.07) is 0.0287. The van der Waals surface area contributed by atoms with E-state index in [0.717, 1.165) is 32.1 Å². The highest BCUT2D eigenvalue weighted by atomic mass is 35.5. The fourth-order valence-corrected chi connectivity index (χ4v) is 4.94. The molecule has 0 aromatic rings. The predicted octanol–water partition coefficient (Wildman–Crippen LogP) is 1.49. The van der Waals surface area contributed by atoms with Crippen LogP contribution in [0, 0.1) is 11.8 Å². The van der Waals surface area contributed by atoms with E-state index in [2.05, 4.69) is 11.6 Å². The quantitative estimate of drug-likeness (QED) is 0.822. The van der Waals surface area contributed by atoms with Gasteiger partial charge in [-0.3, -0.25) is 0 Å². The molecule has 1 aliphatic carbocycles. The molecular formula is C13H28ClN3O2S. The molecule has 3 atom stereocenters. The zero-order valence-corrected chi connectivity index (χ0v) is 13.9. The first kappa shape index (κ1) is 18.2. The molecule has 1 aliphatic heterocycles. The van der Waals surface area contributed by atoms with Crippen molar-refractivity contribution in [2.75, 3.05) is 19.6 Å². The summed E-state index contributed by atoms with van der Waals surface area (Å²) in [5, 5.41) is 0. The highest BCUT2D eigenvalue weighted by molar-refractivity contribution is 7.87. The molecule has 2 rings (SSSR count). The normalized spacial score (nSPS) is 32.6. The fourth-order valence-electron chi connectivity index (χ4n) is 3.28. The van der Waals surface area contributed by atoms with Crippen LogP contribution in [0.1, 0.15) is 45.4 Å². The van der Waals surface area contributed by atoms with Gasteiger partial charge >= 0.3 is 0 Å². The minimum atomic E-state index is -3.33. The molecule has 20 heavy (non-hydrogen) atoms. The van der Waals surface area contributed by atoms with Gasteiger partial charge in [-0.25, -0.2) is 0 Å². The highest BCUT2D eigenvalue weighted by Crippen LogP contribution is 2.25. The van der Waals surface area contributed by atoms with Crippen LogP contribution in [0.4, 0.5) is 0 Å². The molecule has 0 radical (unpaired) electrons. The van der Waals surface area contributed by atoms with Crippen LogP contribution in [0.3, 0.4) is 0 Å². The topological polar surface area (TPSA) is 75.4 Å². The van der Waals surface area contributed by atoms with Crippen molar-refractivity contribution in [1.82, 2.24) is 9.03 Å². The summed E-state index contributed by atoms with van der Waals surface area (Å²) in [6.07, 6.45) is 6.32. The Labute approximate surface area is 129 Å². The lowest BCUT2D eigenvalue weighted by Crippen LogP contribution is -2.52. The molecule has 5 nitrogen and oxygen atoms in total. The van der Waals surface area contributed by atoms with Gasteiger partial charge in [-0.2, -0.15) is 17.4 Å². The summed E-state index contributed by atoms with van der Waals surface area (Å²) in [4.78, 5) is 0.